The van der Waals surface area contributed by atoms with Crippen molar-refractivity contribution in [3.8, 4) is 0 Å². The maximum absolute atomic E-state index is 3.26. The second kappa shape index (κ2) is 4.10. The van der Waals surface area contributed by atoms with Crippen LogP contribution in [0.1, 0.15) is 18.9 Å². The van der Waals surface area contributed by atoms with Crippen molar-refractivity contribution in [3.05, 3.63) is 42.3 Å². The summed E-state index contributed by atoms with van der Waals surface area (Å²) in [6, 6.07) is 10.4. The highest BCUT2D eigenvalue weighted by molar-refractivity contribution is 5.16. The van der Waals surface area contributed by atoms with Gasteiger partial charge in [0.25, 0.3) is 0 Å². The van der Waals surface area contributed by atoms with Crippen LogP contribution in [0, 0.1) is 6.42 Å². The Morgan fingerprint density at radius 3 is 2.50 bits per heavy atom. The van der Waals surface area contributed by atoms with Gasteiger partial charge in [-0.05, 0) is 24.8 Å². The van der Waals surface area contributed by atoms with Gasteiger partial charge >= 0.3 is 0 Å². The third-order valence-electron chi connectivity index (χ3n) is 1.42. The lowest BCUT2D eigenvalue weighted by molar-refractivity contribution is 0.998. The Morgan fingerprint density at radius 1 is 1.20 bits per heavy atom. The third kappa shape index (κ3) is 2.22. The monoisotopic (exact) mass is 132 g/mol. The van der Waals surface area contributed by atoms with Gasteiger partial charge in [0, 0.05) is 0 Å². The summed E-state index contributed by atoms with van der Waals surface area (Å²) in [5.41, 5.74) is 1.35. The minimum Gasteiger partial charge on any atom is -0.0648 e. The molecule has 0 N–H and O–H groups in total. The standard InChI is InChI=1S/C10H12/c1-2-3-7-10-8-5-4-6-9-10/h4-6,8-9H,2,7H2,1H3. The van der Waals surface area contributed by atoms with Gasteiger partial charge in [-0.3, -0.25) is 0 Å². The van der Waals surface area contributed by atoms with Gasteiger partial charge < -0.3 is 0 Å². The van der Waals surface area contributed by atoms with Crippen molar-refractivity contribution in [2.75, 3.05) is 0 Å². The molecule has 0 saturated carbocycles. The van der Waals surface area contributed by atoms with Gasteiger partial charge in [-0.1, -0.05) is 37.3 Å². The Labute approximate surface area is 62.9 Å². The van der Waals surface area contributed by atoms with Crippen molar-refractivity contribution < 1.29 is 0 Å². The maximum atomic E-state index is 3.26. The highest BCUT2D eigenvalue weighted by atomic mass is 13.9. The zero-order chi connectivity index (χ0) is 7.23. The number of hydrogen-bond acceptors (Lipinski definition) is 0. The highest BCUT2D eigenvalue weighted by Crippen LogP contribution is 2.02. The fourth-order valence-corrected chi connectivity index (χ4v) is 0.865. The van der Waals surface area contributed by atoms with Gasteiger partial charge in [0.15, 0.2) is 0 Å². The summed E-state index contributed by atoms with van der Waals surface area (Å²) in [7, 11) is 0. The molecule has 0 aliphatic rings. The van der Waals surface area contributed by atoms with Gasteiger partial charge in [-0.15, -0.1) is 0 Å². The molecule has 0 aliphatic heterocycles. The van der Waals surface area contributed by atoms with Crippen molar-refractivity contribution in [1.82, 2.24) is 0 Å². The number of rotatable bonds is 3. The summed E-state index contributed by atoms with van der Waals surface area (Å²) in [6.45, 7) is 2.11. The quantitative estimate of drug-likeness (QED) is 0.593. The number of hydrogen-bond donors (Lipinski definition) is 0. The Balaban J connectivity index is 2.43. The fourth-order valence-electron chi connectivity index (χ4n) is 0.865. The minimum atomic E-state index is 0.983. The van der Waals surface area contributed by atoms with Crippen LogP contribution < -0.4 is 0 Å². The van der Waals surface area contributed by atoms with E-state index in [1.54, 1.807) is 0 Å². The van der Waals surface area contributed by atoms with Crippen molar-refractivity contribution in [2.24, 2.45) is 0 Å². The molecule has 0 bridgehead atoms. The highest BCUT2D eigenvalue weighted by Gasteiger charge is 1.88. The first-order valence-electron chi connectivity index (χ1n) is 3.68. The van der Waals surface area contributed by atoms with Gasteiger partial charge in [-0.25, -0.2) is 0 Å². The summed E-state index contributed by atoms with van der Waals surface area (Å²) in [5.74, 6) is 0. The number of benzene rings is 1. The van der Waals surface area contributed by atoms with E-state index in [0.717, 1.165) is 12.8 Å². The Kier molecular flexibility index (Phi) is 3.01. The van der Waals surface area contributed by atoms with Crippen molar-refractivity contribution in [1.29, 1.82) is 0 Å². The maximum Gasteiger partial charge on any atom is -0.0129 e. The second-order valence-corrected chi connectivity index (χ2v) is 2.27. The van der Waals surface area contributed by atoms with E-state index in [1.165, 1.54) is 5.56 Å². The van der Waals surface area contributed by atoms with Crippen molar-refractivity contribution in [2.45, 2.75) is 19.8 Å². The Bertz CT molecular complexity index is 165. The van der Waals surface area contributed by atoms with Crippen LogP contribution in [-0.2, 0) is 6.42 Å². The van der Waals surface area contributed by atoms with Crippen LogP contribution in [0.3, 0.4) is 0 Å². The minimum absolute atomic E-state index is 0.983. The average Bonchev–Trinajstić information content (AvgIpc) is 2.03. The van der Waals surface area contributed by atoms with Crippen LogP contribution in [0.25, 0.3) is 0 Å². The van der Waals surface area contributed by atoms with Crippen LogP contribution in [0.2, 0.25) is 0 Å². The van der Waals surface area contributed by atoms with Gasteiger partial charge in [0.2, 0.25) is 0 Å². The Hall–Kier alpha value is -0.780. The van der Waals surface area contributed by atoms with E-state index < -0.39 is 0 Å². The molecule has 0 spiro atoms. The predicted molar refractivity (Wildman–Crippen MR) is 43.7 cm³/mol. The van der Waals surface area contributed by atoms with E-state index in [2.05, 4.69) is 37.6 Å². The fraction of sp³-hybridized carbons (Fsp3) is 0.300. The molecule has 0 amide bonds. The SMILES string of the molecule is CC[C]Cc1ccccc1. The summed E-state index contributed by atoms with van der Waals surface area (Å²) in [4.78, 5) is 0. The van der Waals surface area contributed by atoms with Gasteiger partial charge in [0.05, 0.1) is 0 Å². The van der Waals surface area contributed by atoms with E-state index in [1.807, 2.05) is 6.07 Å². The van der Waals surface area contributed by atoms with E-state index in [9.17, 15) is 0 Å². The molecule has 0 aromatic heterocycles. The first-order valence-corrected chi connectivity index (χ1v) is 3.68. The Morgan fingerprint density at radius 2 is 1.90 bits per heavy atom. The molecule has 0 atom stereocenters. The molecule has 0 unspecified atom stereocenters. The lowest BCUT2D eigenvalue weighted by atomic mass is 10.1. The molecule has 0 heterocycles. The predicted octanol–water partition coefficient (Wildman–Crippen LogP) is 2.72. The van der Waals surface area contributed by atoms with E-state index in [0.29, 0.717) is 0 Å². The average molecular weight is 132 g/mol. The summed E-state index contributed by atoms with van der Waals surface area (Å²) in [6.07, 6.45) is 5.28. The van der Waals surface area contributed by atoms with Crippen LogP contribution in [-0.4, -0.2) is 0 Å². The molecular weight excluding hydrogens is 120 g/mol. The first kappa shape index (κ1) is 7.33. The lowest BCUT2D eigenvalue weighted by Crippen LogP contribution is -1.82. The molecule has 2 radical (unpaired) electrons. The molecule has 0 fully saturated rings. The van der Waals surface area contributed by atoms with E-state index in [4.69, 9.17) is 0 Å². The summed E-state index contributed by atoms with van der Waals surface area (Å²) < 4.78 is 0. The van der Waals surface area contributed by atoms with Gasteiger partial charge in [-0.2, -0.15) is 0 Å². The zero-order valence-corrected chi connectivity index (χ0v) is 6.30. The normalized spacial score (nSPS) is 9.70. The van der Waals surface area contributed by atoms with Crippen LogP contribution in [0.5, 0.6) is 0 Å². The van der Waals surface area contributed by atoms with Gasteiger partial charge in [0.1, 0.15) is 0 Å². The molecular formula is C10H12. The smallest absolute Gasteiger partial charge is 0.0129 e. The van der Waals surface area contributed by atoms with E-state index in [-0.39, 0.29) is 0 Å². The molecule has 0 heteroatoms. The van der Waals surface area contributed by atoms with Crippen molar-refractivity contribution >= 4 is 0 Å². The van der Waals surface area contributed by atoms with Crippen LogP contribution in [0.15, 0.2) is 30.3 Å². The second-order valence-electron chi connectivity index (χ2n) is 2.27. The third-order valence-corrected chi connectivity index (χ3v) is 1.42. The molecule has 10 heavy (non-hydrogen) atoms. The molecule has 0 saturated heterocycles. The molecule has 0 aliphatic carbocycles. The molecule has 1 aromatic rings. The number of unbranched alkanes of at least 4 members (excludes halogenated alkanes) is 1. The molecule has 52 valence electrons. The summed E-state index contributed by atoms with van der Waals surface area (Å²) in [5, 5.41) is 0. The van der Waals surface area contributed by atoms with Crippen molar-refractivity contribution in [3.63, 3.8) is 0 Å². The largest absolute Gasteiger partial charge is 0.0648 e. The molecule has 1 rings (SSSR count). The van der Waals surface area contributed by atoms with E-state index >= 15 is 0 Å². The summed E-state index contributed by atoms with van der Waals surface area (Å²) >= 11 is 0. The molecule has 0 nitrogen and oxygen atoms in total. The molecule has 1 aromatic carbocycles. The lowest BCUT2D eigenvalue weighted by Gasteiger charge is -1.95. The first-order chi connectivity index (χ1) is 4.93. The zero-order valence-electron chi connectivity index (χ0n) is 6.30. The topological polar surface area (TPSA) is 0 Å². The van der Waals surface area contributed by atoms with Crippen LogP contribution in [0.4, 0.5) is 0 Å². The van der Waals surface area contributed by atoms with Crippen LogP contribution >= 0.6 is 0 Å².